The molecule has 2 heterocycles. The highest BCUT2D eigenvalue weighted by atomic mass is 16.5. The first-order valence-electron chi connectivity index (χ1n) is 11.7. The molecule has 184 valence electrons. The maximum Gasteiger partial charge on any atom is 0.258 e. The highest BCUT2D eigenvalue weighted by Crippen LogP contribution is 2.30. The Bertz CT molecular complexity index is 1240. The third kappa shape index (κ3) is 6.38. The third-order valence-electron chi connectivity index (χ3n) is 5.27. The van der Waals surface area contributed by atoms with Crippen molar-refractivity contribution in [2.45, 2.75) is 45.7 Å². The summed E-state index contributed by atoms with van der Waals surface area (Å²) in [6.07, 6.45) is 0.381. The van der Waals surface area contributed by atoms with Gasteiger partial charge in [0.2, 0.25) is 5.91 Å². The summed E-state index contributed by atoms with van der Waals surface area (Å²) >= 11 is 0. The highest BCUT2D eigenvalue weighted by molar-refractivity contribution is 5.92. The summed E-state index contributed by atoms with van der Waals surface area (Å²) in [5, 5.41) is 9.93. The van der Waals surface area contributed by atoms with Crippen molar-refractivity contribution in [2.24, 2.45) is 0 Å². The van der Waals surface area contributed by atoms with Gasteiger partial charge in [-0.3, -0.25) is 9.59 Å². The zero-order valence-corrected chi connectivity index (χ0v) is 20.5. The van der Waals surface area contributed by atoms with Gasteiger partial charge in [0.25, 0.3) is 5.91 Å². The average Bonchev–Trinajstić information content (AvgIpc) is 3.21. The molecule has 1 aromatic heterocycles. The van der Waals surface area contributed by atoms with E-state index in [1.54, 1.807) is 6.07 Å². The number of fused-ring (bicyclic) bond motifs is 1. The van der Waals surface area contributed by atoms with E-state index >= 15 is 0 Å². The Hall–Kier alpha value is -3.88. The Morgan fingerprint density at radius 2 is 1.91 bits per heavy atom. The van der Waals surface area contributed by atoms with E-state index in [0.29, 0.717) is 37.0 Å². The van der Waals surface area contributed by atoms with Crippen molar-refractivity contribution in [1.29, 1.82) is 0 Å². The van der Waals surface area contributed by atoms with Gasteiger partial charge in [-0.05, 0) is 58.0 Å². The second-order valence-corrected chi connectivity index (χ2v) is 9.47. The first-order chi connectivity index (χ1) is 16.7. The van der Waals surface area contributed by atoms with E-state index in [-0.39, 0.29) is 30.0 Å². The Morgan fingerprint density at radius 3 is 2.63 bits per heavy atom. The number of carbonyl (C=O) groups excluding carboxylic acids is 2. The number of benzene rings is 2. The molecule has 0 saturated carbocycles. The van der Waals surface area contributed by atoms with Crippen LogP contribution in [0, 0.1) is 0 Å². The Morgan fingerprint density at radius 1 is 1.11 bits per heavy atom. The molecule has 1 aliphatic heterocycles. The molecule has 0 bridgehead atoms. The van der Waals surface area contributed by atoms with E-state index in [1.165, 1.54) is 0 Å². The number of anilines is 1. The van der Waals surface area contributed by atoms with Gasteiger partial charge in [-0.15, -0.1) is 0 Å². The number of ether oxygens (including phenoxy) is 2. The fourth-order valence-corrected chi connectivity index (χ4v) is 3.83. The summed E-state index contributed by atoms with van der Waals surface area (Å²) in [4.78, 5) is 33.4. The quantitative estimate of drug-likeness (QED) is 0.456. The highest BCUT2D eigenvalue weighted by Gasteiger charge is 2.23. The molecule has 1 aliphatic rings. The van der Waals surface area contributed by atoms with E-state index in [9.17, 15) is 9.59 Å². The molecule has 9 heteroatoms. The molecule has 4 rings (SSSR count). The summed E-state index contributed by atoms with van der Waals surface area (Å²) in [6.45, 7) is 8.68. The monoisotopic (exact) mass is 477 g/mol. The molecule has 35 heavy (non-hydrogen) atoms. The van der Waals surface area contributed by atoms with Gasteiger partial charge in [0, 0.05) is 29.5 Å². The molecule has 0 aliphatic carbocycles. The molecule has 0 radical (unpaired) electrons. The molecular formula is C26H31N5O4. The molecule has 2 aromatic carbocycles. The predicted octanol–water partition coefficient (Wildman–Crippen LogP) is 3.29. The smallest absolute Gasteiger partial charge is 0.258 e. The number of nitrogens with zero attached hydrogens (tertiary/aromatic N) is 2. The number of amides is 2. The van der Waals surface area contributed by atoms with E-state index < -0.39 is 0 Å². The minimum Gasteiger partial charge on any atom is -0.494 e. The fraction of sp³-hybridized carbons (Fsp3) is 0.385. The van der Waals surface area contributed by atoms with Gasteiger partial charge < -0.3 is 25.4 Å². The maximum absolute atomic E-state index is 12.1. The predicted molar refractivity (Wildman–Crippen MR) is 135 cm³/mol. The molecule has 1 unspecified atom stereocenters. The first-order valence-corrected chi connectivity index (χ1v) is 11.7. The molecule has 0 spiro atoms. The Balaban J connectivity index is 1.63. The van der Waals surface area contributed by atoms with E-state index in [2.05, 4.69) is 16.0 Å². The van der Waals surface area contributed by atoms with Crippen LogP contribution in [0.2, 0.25) is 0 Å². The number of hydrogen-bond donors (Lipinski definition) is 3. The molecule has 1 atom stereocenters. The second kappa shape index (κ2) is 10.2. The molecular weight excluding hydrogens is 446 g/mol. The number of aromatic nitrogens is 2. The van der Waals surface area contributed by atoms with Crippen LogP contribution in [-0.4, -0.2) is 53.1 Å². The Labute approximate surface area is 204 Å². The molecule has 2 amide bonds. The van der Waals surface area contributed by atoms with Crippen molar-refractivity contribution in [2.75, 3.05) is 25.1 Å². The lowest BCUT2D eigenvalue weighted by Gasteiger charge is -2.20. The summed E-state index contributed by atoms with van der Waals surface area (Å²) in [6, 6.07) is 12.9. The largest absolute Gasteiger partial charge is 0.494 e. The van der Waals surface area contributed by atoms with Crippen LogP contribution in [0.4, 0.5) is 5.82 Å². The van der Waals surface area contributed by atoms with E-state index in [4.69, 9.17) is 19.4 Å². The lowest BCUT2D eigenvalue weighted by Crippen LogP contribution is -2.43. The molecule has 1 fully saturated rings. The lowest BCUT2D eigenvalue weighted by atomic mass is 10.1. The fourth-order valence-electron chi connectivity index (χ4n) is 3.83. The lowest BCUT2D eigenvalue weighted by molar-refractivity contribution is -0.124. The normalized spacial score (nSPS) is 15.5. The van der Waals surface area contributed by atoms with Crippen LogP contribution in [0.25, 0.3) is 22.3 Å². The SMILES string of the molecule is CCOc1ccc2nc(-c3cccc(OCC(=O)NC(C)(C)C)c3)nc(NC3CNC(=O)C3)c2c1. The van der Waals surface area contributed by atoms with Crippen LogP contribution in [0.5, 0.6) is 11.5 Å². The minimum atomic E-state index is -0.327. The summed E-state index contributed by atoms with van der Waals surface area (Å²) in [5.41, 5.74) is 1.17. The van der Waals surface area contributed by atoms with Gasteiger partial charge in [-0.1, -0.05) is 12.1 Å². The summed E-state index contributed by atoms with van der Waals surface area (Å²) in [5.74, 6) is 2.22. The van der Waals surface area contributed by atoms with Gasteiger partial charge >= 0.3 is 0 Å². The van der Waals surface area contributed by atoms with Crippen molar-refractivity contribution in [1.82, 2.24) is 20.6 Å². The third-order valence-corrected chi connectivity index (χ3v) is 5.27. The molecule has 1 saturated heterocycles. The Kier molecular flexibility index (Phi) is 7.04. The number of hydrogen-bond acceptors (Lipinski definition) is 7. The zero-order valence-electron chi connectivity index (χ0n) is 20.5. The van der Waals surface area contributed by atoms with Crippen LogP contribution in [-0.2, 0) is 9.59 Å². The number of nitrogens with one attached hydrogen (secondary N) is 3. The van der Waals surface area contributed by atoms with Crippen molar-refractivity contribution in [3.05, 3.63) is 42.5 Å². The summed E-state index contributed by atoms with van der Waals surface area (Å²) < 4.78 is 11.4. The number of carbonyl (C=O) groups is 2. The van der Waals surface area contributed by atoms with Gasteiger partial charge in [0.15, 0.2) is 12.4 Å². The van der Waals surface area contributed by atoms with E-state index in [1.807, 2.05) is 64.1 Å². The minimum absolute atomic E-state index is 0.0106. The first kappa shape index (κ1) is 24.3. The van der Waals surface area contributed by atoms with Crippen LogP contribution in [0.1, 0.15) is 34.1 Å². The van der Waals surface area contributed by atoms with Crippen LogP contribution < -0.4 is 25.4 Å². The molecule has 9 nitrogen and oxygen atoms in total. The topological polar surface area (TPSA) is 114 Å². The van der Waals surface area contributed by atoms with Gasteiger partial charge in [0.05, 0.1) is 18.2 Å². The van der Waals surface area contributed by atoms with Crippen LogP contribution in [0.3, 0.4) is 0 Å². The van der Waals surface area contributed by atoms with Gasteiger partial charge in [-0.2, -0.15) is 0 Å². The zero-order chi connectivity index (χ0) is 25.0. The van der Waals surface area contributed by atoms with E-state index in [0.717, 1.165) is 22.2 Å². The van der Waals surface area contributed by atoms with Crippen molar-refractivity contribution in [3.8, 4) is 22.9 Å². The second-order valence-electron chi connectivity index (χ2n) is 9.47. The van der Waals surface area contributed by atoms with Crippen molar-refractivity contribution < 1.29 is 19.1 Å². The number of rotatable bonds is 8. The molecule has 3 aromatic rings. The van der Waals surface area contributed by atoms with Gasteiger partial charge in [0.1, 0.15) is 17.3 Å². The van der Waals surface area contributed by atoms with Gasteiger partial charge in [-0.25, -0.2) is 9.97 Å². The van der Waals surface area contributed by atoms with Crippen molar-refractivity contribution in [3.63, 3.8) is 0 Å². The van der Waals surface area contributed by atoms with Crippen LogP contribution >= 0.6 is 0 Å². The average molecular weight is 478 g/mol. The molecule has 3 N–H and O–H groups in total. The standard InChI is InChI=1S/C26H31N5O4/c1-5-34-19-9-10-21-20(13-19)25(28-17-12-22(32)27-14-17)30-24(29-21)16-7-6-8-18(11-16)35-15-23(33)31-26(2,3)4/h6-11,13,17H,5,12,14-15H2,1-4H3,(H,27,32)(H,31,33)(H,28,29,30). The van der Waals surface area contributed by atoms with Crippen LogP contribution in [0.15, 0.2) is 42.5 Å². The maximum atomic E-state index is 12.1. The van der Waals surface area contributed by atoms with Crippen molar-refractivity contribution >= 4 is 28.5 Å². The summed E-state index contributed by atoms with van der Waals surface area (Å²) in [7, 11) is 0.